The van der Waals surface area contributed by atoms with Crippen molar-refractivity contribution in [3.8, 4) is 17.0 Å². The Hall–Kier alpha value is -3.43. The summed E-state index contributed by atoms with van der Waals surface area (Å²) in [5.41, 5.74) is 0.895. The van der Waals surface area contributed by atoms with E-state index in [1.807, 2.05) is 0 Å². The Morgan fingerprint density at radius 3 is 2.62 bits per heavy atom. The molecule has 0 aliphatic carbocycles. The van der Waals surface area contributed by atoms with Crippen LogP contribution in [0.15, 0.2) is 49.2 Å². The highest BCUT2D eigenvalue weighted by atomic mass is 19.4. The van der Waals surface area contributed by atoms with E-state index in [1.54, 1.807) is 6.07 Å². The predicted octanol–water partition coefficient (Wildman–Crippen LogP) is 2.56. The van der Waals surface area contributed by atoms with Crippen LogP contribution < -0.4 is 10.1 Å². The van der Waals surface area contributed by atoms with Gasteiger partial charge in [0.25, 0.3) is 5.91 Å². The fourth-order valence-corrected chi connectivity index (χ4v) is 2.91. The Kier molecular flexibility index (Phi) is 5.81. The van der Waals surface area contributed by atoms with Crippen LogP contribution in [0.5, 0.6) is 5.75 Å². The lowest BCUT2D eigenvalue weighted by Crippen LogP contribution is -2.38. The van der Waals surface area contributed by atoms with Crippen molar-refractivity contribution in [2.75, 3.05) is 13.1 Å². The summed E-state index contributed by atoms with van der Waals surface area (Å²) in [6.07, 6.45) is -1.59. The summed E-state index contributed by atoms with van der Waals surface area (Å²) >= 11 is 0. The normalized spacial score (nSPS) is 16.4. The molecule has 1 fully saturated rings. The zero-order valence-corrected chi connectivity index (χ0v) is 15.1. The number of ether oxygens (including phenoxy) is 1. The quantitative estimate of drug-likeness (QED) is 0.772. The molecule has 152 valence electrons. The molecule has 1 aliphatic heterocycles. The molecule has 0 saturated carbocycles. The van der Waals surface area contributed by atoms with Crippen molar-refractivity contribution in [1.29, 1.82) is 0 Å². The highest BCUT2D eigenvalue weighted by Crippen LogP contribution is 2.25. The number of aromatic nitrogens is 2. The summed E-state index contributed by atoms with van der Waals surface area (Å²) in [6, 6.07) is 6.53. The van der Waals surface area contributed by atoms with Gasteiger partial charge in [0.05, 0.1) is 5.69 Å². The van der Waals surface area contributed by atoms with Crippen molar-refractivity contribution in [2.45, 2.75) is 18.8 Å². The molecule has 29 heavy (non-hydrogen) atoms. The molecule has 1 saturated heterocycles. The van der Waals surface area contributed by atoms with E-state index in [2.05, 4.69) is 26.6 Å². The summed E-state index contributed by atoms with van der Waals surface area (Å²) in [5, 5.41) is 2.74. The maximum absolute atomic E-state index is 12.7. The average Bonchev–Trinajstić information content (AvgIpc) is 3.15. The van der Waals surface area contributed by atoms with Gasteiger partial charge < -0.3 is 15.0 Å². The molecule has 1 aromatic carbocycles. The van der Waals surface area contributed by atoms with Crippen molar-refractivity contribution in [2.24, 2.45) is 0 Å². The molecule has 2 heterocycles. The van der Waals surface area contributed by atoms with Gasteiger partial charge in [-0.15, -0.1) is 13.2 Å². The zero-order valence-electron chi connectivity index (χ0n) is 15.1. The number of carbonyl (C=O) groups excluding carboxylic acids is 2. The number of likely N-dealkylation sites (tertiary alicyclic amines) is 1. The second-order valence-corrected chi connectivity index (χ2v) is 6.29. The van der Waals surface area contributed by atoms with Crippen LogP contribution in [-0.2, 0) is 4.79 Å². The van der Waals surface area contributed by atoms with E-state index in [0.717, 1.165) is 0 Å². The van der Waals surface area contributed by atoms with Crippen LogP contribution in [0.4, 0.5) is 13.2 Å². The van der Waals surface area contributed by atoms with E-state index >= 15 is 0 Å². The lowest BCUT2D eigenvalue weighted by molar-refractivity contribution is -0.274. The average molecular weight is 406 g/mol. The molecule has 2 aromatic rings. The van der Waals surface area contributed by atoms with Gasteiger partial charge in [0.1, 0.15) is 5.75 Å². The number of benzene rings is 1. The minimum Gasteiger partial charge on any atom is -0.406 e. The maximum Gasteiger partial charge on any atom is 0.573 e. The Labute approximate surface area is 164 Å². The van der Waals surface area contributed by atoms with Crippen LogP contribution in [0.25, 0.3) is 11.3 Å². The smallest absolute Gasteiger partial charge is 0.406 e. The highest BCUT2D eigenvalue weighted by Gasteiger charge is 2.31. The predicted molar refractivity (Wildman–Crippen MR) is 96.8 cm³/mol. The highest BCUT2D eigenvalue weighted by molar-refractivity contribution is 5.91. The number of rotatable bonds is 5. The SMILES string of the molecule is C=CC(=O)N[C@H]1CCN(C(=O)c2nccc(-c3ccc(OC(F)(F)F)cc3)n2)C1. The third-order valence-electron chi connectivity index (χ3n) is 4.24. The number of alkyl halides is 3. The van der Waals surface area contributed by atoms with E-state index in [1.165, 1.54) is 41.4 Å². The van der Waals surface area contributed by atoms with Crippen LogP contribution in [0.3, 0.4) is 0 Å². The molecule has 2 amide bonds. The first kappa shape index (κ1) is 20.3. The standard InChI is InChI=1S/C19H17F3N4O3/c1-2-16(27)24-13-8-10-26(11-13)18(28)17-23-9-7-15(25-17)12-3-5-14(6-4-12)29-19(20,21)22/h2-7,9,13H,1,8,10-11H2,(H,24,27)/t13-/m0/s1. The van der Waals surface area contributed by atoms with E-state index in [9.17, 15) is 22.8 Å². The van der Waals surface area contributed by atoms with E-state index in [4.69, 9.17) is 0 Å². The van der Waals surface area contributed by atoms with Crippen molar-refractivity contribution in [3.63, 3.8) is 0 Å². The van der Waals surface area contributed by atoms with Crippen LogP contribution in [0.1, 0.15) is 17.0 Å². The van der Waals surface area contributed by atoms with Gasteiger partial charge in [-0.05, 0) is 42.8 Å². The molecule has 1 aromatic heterocycles. The monoisotopic (exact) mass is 406 g/mol. The molecule has 0 unspecified atom stereocenters. The number of amides is 2. The number of nitrogens with zero attached hydrogens (tertiary/aromatic N) is 3. The van der Waals surface area contributed by atoms with Gasteiger partial charge in [0.2, 0.25) is 11.7 Å². The fourth-order valence-electron chi connectivity index (χ4n) is 2.91. The van der Waals surface area contributed by atoms with Gasteiger partial charge in [0.15, 0.2) is 0 Å². The topological polar surface area (TPSA) is 84.4 Å². The van der Waals surface area contributed by atoms with Gasteiger partial charge in [0, 0.05) is 30.9 Å². The second kappa shape index (κ2) is 8.29. The number of carbonyl (C=O) groups is 2. The maximum atomic E-state index is 12.7. The van der Waals surface area contributed by atoms with Crippen LogP contribution >= 0.6 is 0 Å². The number of halogens is 3. The summed E-state index contributed by atoms with van der Waals surface area (Å²) < 4.78 is 40.6. The summed E-state index contributed by atoms with van der Waals surface area (Å²) in [5.74, 6) is -1.08. The van der Waals surface area contributed by atoms with Crippen molar-refractivity contribution in [1.82, 2.24) is 20.2 Å². The third-order valence-corrected chi connectivity index (χ3v) is 4.24. The second-order valence-electron chi connectivity index (χ2n) is 6.29. The van der Waals surface area contributed by atoms with Gasteiger partial charge >= 0.3 is 6.36 Å². The Morgan fingerprint density at radius 1 is 1.24 bits per heavy atom. The first-order valence-corrected chi connectivity index (χ1v) is 8.66. The van der Waals surface area contributed by atoms with E-state index in [0.29, 0.717) is 30.8 Å². The van der Waals surface area contributed by atoms with E-state index < -0.39 is 6.36 Å². The van der Waals surface area contributed by atoms with E-state index in [-0.39, 0.29) is 29.4 Å². The molecule has 0 bridgehead atoms. The Balaban J connectivity index is 1.70. The third kappa shape index (κ3) is 5.31. The molecule has 1 aliphatic rings. The number of nitrogens with one attached hydrogen (secondary N) is 1. The lowest BCUT2D eigenvalue weighted by Gasteiger charge is -2.16. The van der Waals surface area contributed by atoms with Crippen molar-refractivity contribution < 1.29 is 27.5 Å². The minimum absolute atomic E-state index is 0.0335. The fraction of sp³-hybridized carbons (Fsp3) is 0.263. The largest absolute Gasteiger partial charge is 0.573 e. The zero-order chi connectivity index (χ0) is 21.0. The van der Waals surface area contributed by atoms with Crippen molar-refractivity contribution in [3.05, 3.63) is 55.0 Å². The van der Waals surface area contributed by atoms with Crippen LogP contribution in [0, 0.1) is 0 Å². The number of hydrogen-bond donors (Lipinski definition) is 1. The molecular formula is C19H17F3N4O3. The van der Waals surface area contributed by atoms with Gasteiger partial charge in [-0.3, -0.25) is 9.59 Å². The van der Waals surface area contributed by atoms with Gasteiger partial charge in [-0.2, -0.15) is 0 Å². The molecule has 1 atom stereocenters. The molecule has 0 radical (unpaired) electrons. The summed E-state index contributed by atoms with van der Waals surface area (Å²) in [4.78, 5) is 33.8. The van der Waals surface area contributed by atoms with Crippen molar-refractivity contribution >= 4 is 11.8 Å². The lowest BCUT2D eigenvalue weighted by atomic mass is 10.1. The molecule has 10 heteroatoms. The Bertz CT molecular complexity index is 916. The molecule has 7 nitrogen and oxygen atoms in total. The molecular weight excluding hydrogens is 389 g/mol. The minimum atomic E-state index is -4.77. The summed E-state index contributed by atoms with van der Waals surface area (Å²) in [7, 11) is 0. The first-order chi connectivity index (χ1) is 13.7. The Morgan fingerprint density at radius 2 is 1.97 bits per heavy atom. The molecule has 3 rings (SSSR count). The van der Waals surface area contributed by atoms with Crippen LogP contribution in [-0.4, -0.2) is 52.2 Å². The van der Waals surface area contributed by atoms with Crippen LogP contribution in [0.2, 0.25) is 0 Å². The van der Waals surface area contributed by atoms with Gasteiger partial charge in [-0.1, -0.05) is 6.58 Å². The van der Waals surface area contributed by atoms with Gasteiger partial charge in [-0.25, -0.2) is 9.97 Å². The molecule has 1 N–H and O–H groups in total. The summed E-state index contributed by atoms with van der Waals surface area (Å²) in [6.45, 7) is 4.16. The molecule has 0 spiro atoms. The number of hydrogen-bond acceptors (Lipinski definition) is 5. The first-order valence-electron chi connectivity index (χ1n) is 8.66.